The lowest BCUT2D eigenvalue weighted by molar-refractivity contribution is -0.164. The molecule has 2 N–H and O–H groups in total. The van der Waals surface area contributed by atoms with Crippen LogP contribution in [0.3, 0.4) is 0 Å². The van der Waals surface area contributed by atoms with Gasteiger partial charge in [-0.3, -0.25) is 9.59 Å². The van der Waals surface area contributed by atoms with Crippen molar-refractivity contribution < 1.29 is 33.8 Å². The van der Waals surface area contributed by atoms with Gasteiger partial charge in [0.25, 0.3) is 5.72 Å². The second kappa shape index (κ2) is 8.83. The number of carboxylic acids is 1. The highest BCUT2D eigenvalue weighted by atomic mass is 16.7. The van der Waals surface area contributed by atoms with E-state index in [1.54, 1.807) is 30.3 Å². The molecule has 1 atom stereocenters. The SMILES string of the molecule is C=C(C)C(=O)NC(C)(OC(=O)Oc1ccc(C(=O)c2ccccc2)cc1)C(=O)O. The Bertz CT molecular complexity index is 951. The highest BCUT2D eigenvalue weighted by molar-refractivity contribution is 6.09. The first-order valence-electron chi connectivity index (χ1n) is 8.44. The minimum absolute atomic E-state index is 0.0265. The molecule has 2 aromatic carbocycles. The number of nitrogens with one attached hydrogen (secondary N) is 1. The topological polar surface area (TPSA) is 119 Å². The van der Waals surface area contributed by atoms with Gasteiger partial charge in [-0.1, -0.05) is 36.9 Å². The van der Waals surface area contributed by atoms with Gasteiger partial charge >= 0.3 is 12.1 Å². The third kappa shape index (κ3) is 5.52. The molecule has 0 aliphatic heterocycles. The van der Waals surface area contributed by atoms with E-state index in [0.29, 0.717) is 11.1 Å². The molecule has 0 saturated heterocycles. The Labute approximate surface area is 166 Å². The summed E-state index contributed by atoms with van der Waals surface area (Å²) >= 11 is 0. The molecule has 0 aliphatic rings. The Morgan fingerprint density at radius 2 is 1.52 bits per heavy atom. The van der Waals surface area contributed by atoms with E-state index in [2.05, 4.69) is 6.58 Å². The minimum Gasteiger partial charge on any atom is -0.477 e. The summed E-state index contributed by atoms with van der Waals surface area (Å²) in [5, 5.41) is 11.3. The van der Waals surface area contributed by atoms with Gasteiger partial charge in [-0.15, -0.1) is 0 Å². The van der Waals surface area contributed by atoms with Crippen LogP contribution in [0, 0.1) is 0 Å². The number of amides is 1. The third-order valence-electron chi connectivity index (χ3n) is 3.79. The monoisotopic (exact) mass is 397 g/mol. The molecular weight excluding hydrogens is 378 g/mol. The van der Waals surface area contributed by atoms with Crippen molar-refractivity contribution in [2.24, 2.45) is 0 Å². The first-order valence-corrected chi connectivity index (χ1v) is 8.44. The normalized spacial score (nSPS) is 12.2. The smallest absolute Gasteiger partial charge is 0.477 e. The second-order valence-corrected chi connectivity index (χ2v) is 6.25. The number of hydrogen-bond acceptors (Lipinski definition) is 6. The zero-order chi connectivity index (χ0) is 21.6. The summed E-state index contributed by atoms with van der Waals surface area (Å²) in [5.74, 6) is -2.58. The second-order valence-electron chi connectivity index (χ2n) is 6.25. The molecule has 0 radical (unpaired) electrons. The van der Waals surface area contributed by atoms with Crippen LogP contribution in [-0.2, 0) is 14.3 Å². The molecule has 1 unspecified atom stereocenters. The van der Waals surface area contributed by atoms with Crippen molar-refractivity contribution in [2.45, 2.75) is 19.6 Å². The number of carbonyl (C=O) groups excluding carboxylic acids is 3. The summed E-state index contributed by atoms with van der Waals surface area (Å²) in [7, 11) is 0. The predicted octanol–water partition coefficient (Wildman–Crippen LogP) is 2.93. The number of hydrogen-bond donors (Lipinski definition) is 2. The van der Waals surface area contributed by atoms with Crippen molar-refractivity contribution in [3.8, 4) is 5.75 Å². The number of benzene rings is 2. The Balaban J connectivity index is 2.06. The Morgan fingerprint density at radius 1 is 0.966 bits per heavy atom. The summed E-state index contributed by atoms with van der Waals surface area (Å²) in [4.78, 5) is 47.4. The molecule has 0 aliphatic carbocycles. The van der Waals surface area contributed by atoms with Gasteiger partial charge in [0.1, 0.15) is 5.75 Å². The fourth-order valence-electron chi connectivity index (χ4n) is 2.16. The first-order chi connectivity index (χ1) is 13.6. The van der Waals surface area contributed by atoms with Gasteiger partial charge in [-0.2, -0.15) is 0 Å². The van der Waals surface area contributed by atoms with Crippen molar-refractivity contribution in [3.63, 3.8) is 0 Å². The fourth-order valence-corrected chi connectivity index (χ4v) is 2.16. The molecule has 0 bridgehead atoms. The number of carboxylic acid groups (broad SMARTS) is 1. The van der Waals surface area contributed by atoms with Gasteiger partial charge in [-0.25, -0.2) is 9.59 Å². The van der Waals surface area contributed by atoms with Crippen LogP contribution in [0.5, 0.6) is 5.75 Å². The number of aliphatic carboxylic acids is 1. The highest BCUT2D eigenvalue weighted by Crippen LogP contribution is 2.17. The van der Waals surface area contributed by atoms with Crippen LogP contribution in [-0.4, -0.2) is 34.6 Å². The molecule has 1 amide bonds. The number of ketones is 1. The van der Waals surface area contributed by atoms with Crippen molar-refractivity contribution in [1.82, 2.24) is 5.32 Å². The Kier molecular flexibility index (Phi) is 6.51. The standard InChI is InChI=1S/C21H19NO7/c1-13(2)18(24)22-21(3,19(25)26)29-20(27)28-16-11-9-15(10-12-16)17(23)14-7-5-4-6-8-14/h4-12H,1H2,2-3H3,(H,22,24)(H,25,26). The number of ether oxygens (including phenoxy) is 2. The average Bonchev–Trinajstić information content (AvgIpc) is 2.68. The molecule has 0 saturated carbocycles. The van der Waals surface area contributed by atoms with Crippen LogP contribution < -0.4 is 10.1 Å². The van der Waals surface area contributed by atoms with Crippen molar-refractivity contribution in [2.75, 3.05) is 0 Å². The van der Waals surface area contributed by atoms with E-state index in [9.17, 15) is 24.3 Å². The highest BCUT2D eigenvalue weighted by Gasteiger charge is 2.40. The largest absolute Gasteiger partial charge is 0.516 e. The zero-order valence-corrected chi connectivity index (χ0v) is 15.8. The summed E-state index contributed by atoms with van der Waals surface area (Å²) in [6.45, 7) is 5.74. The molecule has 0 aromatic heterocycles. The number of rotatable bonds is 7. The molecule has 0 fully saturated rings. The minimum atomic E-state index is -2.35. The third-order valence-corrected chi connectivity index (χ3v) is 3.79. The molecule has 2 aromatic rings. The molecular formula is C21H19NO7. The average molecular weight is 397 g/mol. The molecule has 0 heterocycles. The van der Waals surface area contributed by atoms with E-state index in [1.165, 1.54) is 31.2 Å². The molecule has 0 spiro atoms. The van der Waals surface area contributed by atoms with Crippen LogP contribution in [0.15, 0.2) is 66.7 Å². The van der Waals surface area contributed by atoms with Crippen molar-refractivity contribution in [1.29, 1.82) is 0 Å². The van der Waals surface area contributed by atoms with Gasteiger partial charge < -0.3 is 19.9 Å². The molecule has 2 rings (SSSR count). The molecule has 29 heavy (non-hydrogen) atoms. The van der Waals surface area contributed by atoms with E-state index < -0.39 is 23.8 Å². The maximum Gasteiger partial charge on any atom is 0.516 e. The van der Waals surface area contributed by atoms with E-state index in [0.717, 1.165) is 6.92 Å². The molecule has 150 valence electrons. The van der Waals surface area contributed by atoms with Gasteiger partial charge in [0.05, 0.1) is 0 Å². The summed E-state index contributed by atoms with van der Waals surface area (Å²) < 4.78 is 9.70. The van der Waals surface area contributed by atoms with Crippen molar-refractivity contribution >= 4 is 23.8 Å². The van der Waals surface area contributed by atoms with Crippen LogP contribution in [0.25, 0.3) is 0 Å². The fraction of sp³-hybridized carbons (Fsp3) is 0.143. The van der Waals surface area contributed by atoms with Gasteiger partial charge in [0, 0.05) is 23.6 Å². The van der Waals surface area contributed by atoms with Crippen LogP contribution >= 0.6 is 0 Å². The molecule has 8 heteroatoms. The number of carbonyl (C=O) groups is 4. The van der Waals surface area contributed by atoms with E-state index in [1.807, 2.05) is 5.32 Å². The Morgan fingerprint density at radius 3 is 2.03 bits per heavy atom. The van der Waals surface area contributed by atoms with Gasteiger partial charge in [0.2, 0.25) is 5.91 Å². The first kappa shape index (κ1) is 21.4. The summed E-state index contributed by atoms with van der Waals surface area (Å²) in [6, 6.07) is 14.3. The lowest BCUT2D eigenvalue weighted by atomic mass is 10.0. The lowest BCUT2D eigenvalue weighted by Crippen LogP contribution is -2.55. The van der Waals surface area contributed by atoms with Crippen LogP contribution in [0.1, 0.15) is 29.8 Å². The summed E-state index contributed by atoms with van der Waals surface area (Å²) in [6.07, 6.45) is -1.35. The maximum absolute atomic E-state index is 12.4. The maximum atomic E-state index is 12.4. The van der Waals surface area contributed by atoms with E-state index in [4.69, 9.17) is 9.47 Å². The van der Waals surface area contributed by atoms with Crippen LogP contribution in [0.2, 0.25) is 0 Å². The summed E-state index contributed by atoms with van der Waals surface area (Å²) in [5.41, 5.74) is -1.43. The van der Waals surface area contributed by atoms with Gasteiger partial charge in [0.15, 0.2) is 5.78 Å². The lowest BCUT2D eigenvalue weighted by Gasteiger charge is -2.25. The van der Waals surface area contributed by atoms with Crippen LogP contribution in [0.4, 0.5) is 4.79 Å². The van der Waals surface area contributed by atoms with Crippen molar-refractivity contribution in [3.05, 3.63) is 77.9 Å². The van der Waals surface area contributed by atoms with E-state index >= 15 is 0 Å². The zero-order valence-electron chi connectivity index (χ0n) is 15.8. The molecule has 8 nitrogen and oxygen atoms in total. The van der Waals surface area contributed by atoms with E-state index in [-0.39, 0.29) is 17.1 Å². The van der Waals surface area contributed by atoms with Gasteiger partial charge in [-0.05, 0) is 31.2 Å². The quantitative estimate of drug-likeness (QED) is 0.242. The predicted molar refractivity (Wildman–Crippen MR) is 102 cm³/mol. The Hall–Kier alpha value is -3.94.